The molecule has 5 heteroatoms. The van der Waals surface area contributed by atoms with Crippen molar-refractivity contribution in [3.63, 3.8) is 0 Å². The van der Waals surface area contributed by atoms with E-state index in [0.29, 0.717) is 6.54 Å². The Labute approximate surface area is 111 Å². The molecule has 0 saturated heterocycles. The molecule has 2 N–H and O–H groups in total. The predicted molar refractivity (Wildman–Crippen MR) is 72.5 cm³/mol. The SMILES string of the molecule is COc1cccc(/C=C/C(=O)NCc2cn[nH]c2)c1. The van der Waals surface area contributed by atoms with Crippen molar-refractivity contribution in [3.05, 3.63) is 53.9 Å². The summed E-state index contributed by atoms with van der Waals surface area (Å²) >= 11 is 0. The molecule has 19 heavy (non-hydrogen) atoms. The quantitative estimate of drug-likeness (QED) is 0.802. The number of nitrogens with zero attached hydrogens (tertiary/aromatic N) is 1. The number of carbonyl (C=O) groups is 1. The van der Waals surface area contributed by atoms with Crippen molar-refractivity contribution in [2.75, 3.05) is 7.11 Å². The second kappa shape index (κ2) is 6.39. The number of hydrogen-bond acceptors (Lipinski definition) is 3. The van der Waals surface area contributed by atoms with E-state index >= 15 is 0 Å². The summed E-state index contributed by atoms with van der Waals surface area (Å²) in [6.07, 6.45) is 6.65. The summed E-state index contributed by atoms with van der Waals surface area (Å²) in [5, 5.41) is 9.26. The summed E-state index contributed by atoms with van der Waals surface area (Å²) in [5.41, 5.74) is 1.85. The molecule has 2 rings (SSSR count). The van der Waals surface area contributed by atoms with E-state index in [0.717, 1.165) is 16.9 Å². The first kappa shape index (κ1) is 12.9. The van der Waals surface area contributed by atoms with Gasteiger partial charge in [0, 0.05) is 24.4 Å². The van der Waals surface area contributed by atoms with Gasteiger partial charge in [0.2, 0.25) is 5.91 Å². The predicted octanol–water partition coefficient (Wildman–Crippen LogP) is 1.75. The number of H-pyrrole nitrogens is 1. The average Bonchev–Trinajstić information content (AvgIpc) is 2.96. The molecule has 5 nitrogen and oxygen atoms in total. The maximum absolute atomic E-state index is 11.6. The van der Waals surface area contributed by atoms with Crippen LogP contribution in [0.1, 0.15) is 11.1 Å². The highest BCUT2D eigenvalue weighted by molar-refractivity contribution is 5.91. The fraction of sp³-hybridized carbons (Fsp3) is 0.143. The number of hydrogen-bond donors (Lipinski definition) is 2. The fourth-order valence-electron chi connectivity index (χ4n) is 1.54. The lowest BCUT2D eigenvalue weighted by Gasteiger charge is -2.01. The van der Waals surface area contributed by atoms with E-state index in [4.69, 9.17) is 4.74 Å². The molecule has 0 fully saturated rings. The number of amides is 1. The number of aromatic amines is 1. The summed E-state index contributed by atoms with van der Waals surface area (Å²) in [5.74, 6) is 0.616. The largest absolute Gasteiger partial charge is 0.497 e. The van der Waals surface area contributed by atoms with Crippen LogP contribution >= 0.6 is 0 Å². The lowest BCUT2D eigenvalue weighted by Crippen LogP contribution is -2.19. The van der Waals surface area contributed by atoms with Gasteiger partial charge in [0.25, 0.3) is 0 Å². The average molecular weight is 257 g/mol. The molecule has 0 radical (unpaired) electrons. The molecule has 1 aromatic heterocycles. The summed E-state index contributed by atoms with van der Waals surface area (Å²) in [4.78, 5) is 11.6. The van der Waals surface area contributed by atoms with Crippen LogP contribution in [-0.2, 0) is 11.3 Å². The van der Waals surface area contributed by atoms with Crippen molar-refractivity contribution in [2.24, 2.45) is 0 Å². The van der Waals surface area contributed by atoms with Gasteiger partial charge in [-0.3, -0.25) is 9.89 Å². The van der Waals surface area contributed by atoms with Crippen LogP contribution in [0.15, 0.2) is 42.7 Å². The number of nitrogens with one attached hydrogen (secondary N) is 2. The minimum absolute atomic E-state index is 0.149. The van der Waals surface area contributed by atoms with Crippen molar-refractivity contribution in [2.45, 2.75) is 6.54 Å². The van der Waals surface area contributed by atoms with E-state index in [9.17, 15) is 4.79 Å². The first-order valence-electron chi connectivity index (χ1n) is 5.85. The Bertz CT molecular complexity index is 562. The first-order valence-corrected chi connectivity index (χ1v) is 5.85. The van der Waals surface area contributed by atoms with Gasteiger partial charge in [-0.15, -0.1) is 0 Å². The molecule has 0 unspecified atom stereocenters. The molecule has 1 amide bonds. The molecular weight excluding hydrogens is 242 g/mol. The van der Waals surface area contributed by atoms with E-state index in [1.807, 2.05) is 24.3 Å². The molecule has 98 valence electrons. The Morgan fingerprint density at radius 1 is 1.53 bits per heavy atom. The fourth-order valence-corrected chi connectivity index (χ4v) is 1.54. The van der Waals surface area contributed by atoms with Crippen LogP contribution in [0.3, 0.4) is 0 Å². The van der Waals surface area contributed by atoms with Crippen LogP contribution in [0, 0.1) is 0 Å². The van der Waals surface area contributed by atoms with Gasteiger partial charge in [0.15, 0.2) is 0 Å². The maximum atomic E-state index is 11.6. The normalized spacial score (nSPS) is 10.6. The molecule has 1 aromatic carbocycles. The van der Waals surface area contributed by atoms with E-state index in [2.05, 4.69) is 15.5 Å². The first-order chi connectivity index (χ1) is 9.28. The highest BCUT2D eigenvalue weighted by Crippen LogP contribution is 2.13. The summed E-state index contributed by atoms with van der Waals surface area (Å²) < 4.78 is 5.11. The van der Waals surface area contributed by atoms with Gasteiger partial charge >= 0.3 is 0 Å². The van der Waals surface area contributed by atoms with Crippen LogP contribution < -0.4 is 10.1 Å². The Morgan fingerprint density at radius 3 is 3.16 bits per heavy atom. The molecule has 1 heterocycles. The van der Waals surface area contributed by atoms with Gasteiger partial charge in [-0.25, -0.2) is 0 Å². The summed E-state index contributed by atoms with van der Waals surface area (Å²) in [7, 11) is 1.61. The number of carbonyl (C=O) groups excluding carboxylic acids is 1. The smallest absolute Gasteiger partial charge is 0.244 e. The summed E-state index contributed by atoms with van der Waals surface area (Å²) in [6.45, 7) is 0.456. The molecule has 0 spiro atoms. The zero-order valence-corrected chi connectivity index (χ0v) is 10.6. The maximum Gasteiger partial charge on any atom is 0.244 e. The molecule has 0 aliphatic carbocycles. The third-order valence-corrected chi connectivity index (χ3v) is 2.54. The highest BCUT2D eigenvalue weighted by atomic mass is 16.5. The minimum Gasteiger partial charge on any atom is -0.497 e. The molecule has 0 atom stereocenters. The van der Waals surface area contributed by atoms with Crippen molar-refractivity contribution in [3.8, 4) is 5.75 Å². The lowest BCUT2D eigenvalue weighted by atomic mass is 10.2. The van der Waals surface area contributed by atoms with Gasteiger partial charge < -0.3 is 10.1 Å². The van der Waals surface area contributed by atoms with Crippen LogP contribution in [-0.4, -0.2) is 23.2 Å². The topological polar surface area (TPSA) is 67.0 Å². The van der Waals surface area contributed by atoms with Gasteiger partial charge in [0.1, 0.15) is 5.75 Å². The monoisotopic (exact) mass is 257 g/mol. The van der Waals surface area contributed by atoms with Crippen molar-refractivity contribution in [1.82, 2.24) is 15.5 Å². The van der Waals surface area contributed by atoms with E-state index in [1.54, 1.807) is 25.6 Å². The van der Waals surface area contributed by atoms with E-state index in [1.165, 1.54) is 6.08 Å². The second-order valence-electron chi connectivity index (χ2n) is 3.93. The molecular formula is C14H15N3O2. The minimum atomic E-state index is -0.149. The zero-order valence-electron chi connectivity index (χ0n) is 10.6. The van der Waals surface area contributed by atoms with E-state index < -0.39 is 0 Å². The third-order valence-electron chi connectivity index (χ3n) is 2.54. The zero-order chi connectivity index (χ0) is 13.5. The number of aromatic nitrogens is 2. The van der Waals surface area contributed by atoms with Crippen LogP contribution in [0.4, 0.5) is 0 Å². The third kappa shape index (κ3) is 3.99. The molecule has 0 aliphatic rings. The summed E-state index contributed by atoms with van der Waals surface area (Å²) in [6, 6.07) is 7.50. The Hall–Kier alpha value is -2.56. The highest BCUT2D eigenvalue weighted by Gasteiger charge is 1.98. The molecule has 0 bridgehead atoms. The van der Waals surface area contributed by atoms with Crippen molar-refractivity contribution < 1.29 is 9.53 Å². The lowest BCUT2D eigenvalue weighted by molar-refractivity contribution is -0.116. The number of rotatable bonds is 5. The molecule has 2 aromatic rings. The Morgan fingerprint density at radius 2 is 2.42 bits per heavy atom. The van der Waals surface area contributed by atoms with Crippen molar-refractivity contribution in [1.29, 1.82) is 0 Å². The Balaban J connectivity index is 1.88. The number of ether oxygens (including phenoxy) is 1. The van der Waals surface area contributed by atoms with Gasteiger partial charge in [-0.05, 0) is 23.8 Å². The molecule has 0 aliphatic heterocycles. The van der Waals surface area contributed by atoms with Gasteiger partial charge in [-0.2, -0.15) is 5.10 Å². The van der Waals surface area contributed by atoms with Crippen molar-refractivity contribution >= 4 is 12.0 Å². The van der Waals surface area contributed by atoms with E-state index in [-0.39, 0.29) is 5.91 Å². The Kier molecular flexibility index (Phi) is 4.34. The van der Waals surface area contributed by atoms with Gasteiger partial charge in [0.05, 0.1) is 13.3 Å². The number of benzene rings is 1. The standard InChI is InChI=1S/C14H15N3O2/c1-19-13-4-2-3-11(7-13)5-6-14(18)15-8-12-9-16-17-10-12/h2-7,9-10H,8H2,1H3,(H,15,18)(H,16,17)/b6-5+. The molecule has 0 saturated carbocycles. The van der Waals surface area contributed by atoms with Crippen LogP contribution in [0.2, 0.25) is 0 Å². The van der Waals surface area contributed by atoms with Crippen LogP contribution in [0.25, 0.3) is 6.08 Å². The van der Waals surface area contributed by atoms with Gasteiger partial charge in [-0.1, -0.05) is 12.1 Å². The van der Waals surface area contributed by atoms with Crippen LogP contribution in [0.5, 0.6) is 5.75 Å². The number of methoxy groups -OCH3 is 1. The second-order valence-corrected chi connectivity index (χ2v) is 3.93.